The van der Waals surface area contributed by atoms with Crippen LogP contribution in [0.25, 0.3) is 0 Å². The average Bonchev–Trinajstić information content (AvgIpc) is 2.48. The molecule has 1 saturated heterocycles. The van der Waals surface area contributed by atoms with Crippen LogP contribution in [-0.4, -0.2) is 55.7 Å². The number of esters is 1. The first-order chi connectivity index (χ1) is 9.61. The summed E-state index contributed by atoms with van der Waals surface area (Å²) in [5.41, 5.74) is 1.49. The Labute approximate surface area is 120 Å². The van der Waals surface area contributed by atoms with E-state index in [1.54, 1.807) is 19.3 Å². The summed E-state index contributed by atoms with van der Waals surface area (Å²) in [6, 6.07) is 2.37. The summed E-state index contributed by atoms with van der Waals surface area (Å²) in [5.74, 6) is -0.307. The van der Waals surface area contributed by atoms with Crippen LogP contribution in [0.1, 0.15) is 30.1 Å². The molecular formula is C15H23N3O2. The zero-order valence-corrected chi connectivity index (χ0v) is 12.5. The summed E-state index contributed by atoms with van der Waals surface area (Å²) in [6.45, 7) is 4.41. The monoisotopic (exact) mass is 277 g/mol. The Kier molecular flexibility index (Phi) is 4.95. The van der Waals surface area contributed by atoms with E-state index < -0.39 is 0 Å². The molecule has 1 aromatic heterocycles. The number of carbonyl (C=O) groups excluding carboxylic acids is 1. The molecule has 20 heavy (non-hydrogen) atoms. The fraction of sp³-hybridized carbons (Fsp3) is 0.600. The molecule has 2 heterocycles. The first-order valence-electron chi connectivity index (χ1n) is 7.15. The first kappa shape index (κ1) is 14.8. The van der Waals surface area contributed by atoms with Crippen LogP contribution in [0.15, 0.2) is 18.5 Å². The van der Waals surface area contributed by atoms with E-state index >= 15 is 0 Å². The van der Waals surface area contributed by atoms with Crippen LogP contribution in [-0.2, 0) is 4.74 Å². The summed E-state index contributed by atoms with van der Waals surface area (Å²) in [7, 11) is 4.22. The lowest BCUT2D eigenvalue weighted by Crippen LogP contribution is -2.42. The van der Waals surface area contributed by atoms with Crippen LogP contribution in [0, 0.1) is 0 Å². The maximum atomic E-state index is 11.8. The minimum Gasteiger partial charge on any atom is -0.462 e. The SMILES string of the molecule is CCOC(=O)c1cncc(N(C)C2CCN(C)CC2)c1. The highest BCUT2D eigenvalue weighted by atomic mass is 16.5. The van der Waals surface area contributed by atoms with E-state index in [9.17, 15) is 4.79 Å². The Morgan fingerprint density at radius 1 is 1.45 bits per heavy atom. The van der Waals surface area contributed by atoms with Gasteiger partial charge in [0, 0.05) is 19.3 Å². The normalized spacial score (nSPS) is 16.9. The molecule has 0 bridgehead atoms. The Balaban J connectivity index is 2.08. The lowest BCUT2D eigenvalue weighted by molar-refractivity contribution is 0.0526. The van der Waals surface area contributed by atoms with Gasteiger partial charge in [-0.25, -0.2) is 4.79 Å². The van der Waals surface area contributed by atoms with Crippen molar-refractivity contribution in [2.45, 2.75) is 25.8 Å². The third kappa shape index (κ3) is 3.48. The molecule has 1 aromatic rings. The summed E-state index contributed by atoms with van der Waals surface area (Å²) in [5, 5.41) is 0. The van der Waals surface area contributed by atoms with Gasteiger partial charge in [-0.15, -0.1) is 0 Å². The molecule has 110 valence electrons. The number of ether oxygens (including phenoxy) is 1. The summed E-state index contributed by atoms with van der Waals surface area (Å²) >= 11 is 0. The zero-order valence-electron chi connectivity index (χ0n) is 12.5. The molecule has 2 rings (SSSR count). The lowest BCUT2D eigenvalue weighted by Gasteiger charge is -2.36. The van der Waals surface area contributed by atoms with Crippen molar-refractivity contribution in [1.29, 1.82) is 0 Å². The van der Waals surface area contributed by atoms with Gasteiger partial charge in [-0.3, -0.25) is 4.98 Å². The van der Waals surface area contributed by atoms with Gasteiger partial charge >= 0.3 is 5.97 Å². The third-order valence-electron chi connectivity index (χ3n) is 3.88. The van der Waals surface area contributed by atoms with Crippen molar-refractivity contribution in [2.24, 2.45) is 0 Å². The number of nitrogens with zero attached hydrogens (tertiary/aromatic N) is 3. The number of aromatic nitrogens is 1. The molecule has 0 N–H and O–H groups in total. The Morgan fingerprint density at radius 2 is 2.15 bits per heavy atom. The molecule has 1 aliphatic rings. The van der Waals surface area contributed by atoms with Crippen molar-refractivity contribution in [2.75, 3.05) is 38.7 Å². The molecule has 0 amide bonds. The Bertz CT molecular complexity index is 456. The van der Waals surface area contributed by atoms with E-state index in [0.29, 0.717) is 18.2 Å². The molecule has 0 aromatic carbocycles. The van der Waals surface area contributed by atoms with Gasteiger partial charge < -0.3 is 14.5 Å². The maximum Gasteiger partial charge on any atom is 0.339 e. The van der Waals surface area contributed by atoms with Crippen LogP contribution in [0.5, 0.6) is 0 Å². The van der Waals surface area contributed by atoms with Crippen LogP contribution < -0.4 is 4.90 Å². The molecule has 0 atom stereocenters. The van der Waals surface area contributed by atoms with Gasteiger partial charge in [0.1, 0.15) is 0 Å². The highest BCUT2D eigenvalue weighted by Crippen LogP contribution is 2.22. The van der Waals surface area contributed by atoms with Gasteiger partial charge in [0.25, 0.3) is 0 Å². The molecule has 1 aliphatic heterocycles. The number of carbonyl (C=O) groups is 1. The highest BCUT2D eigenvalue weighted by molar-refractivity contribution is 5.90. The van der Waals surface area contributed by atoms with Crippen molar-refractivity contribution >= 4 is 11.7 Å². The van der Waals surface area contributed by atoms with E-state index in [1.807, 2.05) is 6.07 Å². The maximum absolute atomic E-state index is 11.8. The standard InChI is InChI=1S/C15H23N3O2/c1-4-20-15(19)12-9-14(11-16-10-12)18(3)13-5-7-17(2)8-6-13/h9-11,13H,4-8H2,1-3H3. The van der Waals surface area contributed by atoms with Crippen molar-refractivity contribution in [1.82, 2.24) is 9.88 Å². The van der Waals surface area contributed by atoms with E-state index in [4.69, 9.17) is 4.74 Å². The quantitative estimate of drug-likeness (QED) is 0.785. The number of hydrogen-bond acceptors (Lipinski definition) is 5. The van der Waals surface area contributed by atoms with Crippen LogP contribution >= 0.6 is 0 Å². The van der Waals surface area contributed by atoms with Gasteiger partial charge in [0.2, 0.25) is 0 Å². The van der Waals surface area contributed by atoms with Crippen LogP contribution in [0.4, 0.5) is 5.69 Å². The number of piperidine rings is 1. The van der Waals surface area contributed by atoms with Crippen molar-refractivity contribution in [3.8, 4) is 0 Å². The van der Waals surface area contributed by atoms with E-state index in [2.05, 4.69) is 28.9 Å². The fourth-order valence-corrected chi connectivity index (χ4v) is 2.54. The molecular weight excluding hydrogens is 254 g/mol. The molecule has 5 heteroatoms. The number of pyridine rings is 1. The smallest absolute Gasteiger partial charge is 0.339 e. The van der Waals surface area contributed by atoms with E-state index in [1.165, 1.54) is 0 Å². The number of hydrogen-bond donors (Lipinski definition) is 0. The first-order valence-corrected chi connectivity index (χ1v) is 7.15. The lowest BCUT2D eigenvalue weighted by atomic mass is 10.0. The second kappa shape index (κ2) is 6.70. The van der Waals surface area contributed by atoms with Crippen LogP contribution in [0.3, 0.4) is 0 Å². The predicted molar refractivity (Wildman–Crippen MR) is 79.1 cm³/mol. The van der Waals surface area contributed by atoms with E-state index in [0.717, 1.165) is 31.6 Å². The molecule has 0 saturated carbocycles. The molecule has 5 nitrogen and oxygen atoms in total. The number of likely N-dealkylation sites (tertiary alicyclic amines) is 1. The minimum atomic E-state index is -0.307. The van der Waals surface area contributed by atoms with Gasteiger partial charge in [-0.05, 0) is 46.0 Å². The predicted octanol–water partition coefficient (Wildman–Crippen LogP) is 1.79. The third-order valence-corrected chi connectivity index (χ3v) is 3.88. The topological polar surface area (TPSA) is 45.7 Å². The molecule has 0 aliphatic carbocycles. The minimum absolute atomic E-state index is 0.307. The molecule has 0 spiro atoms. The van der Waals surface area contributed by atoms with Crippen molar-refractivity contribution in [3.63, 3.8) is 0 Å². The second-order valence-electron chi connectivity index (χ2n) is 5.30. The Hall–Kier alpha value is -1.62. The van der Waals surface area contributed by atoms with Gasteiger partial charge in [-0.1, -0.05) is 0 Å². The second-order valence-corrected chi connectivity index (χ2v) is 5.30. The summed E-state index contributed by atoms with van der Waals surface area (Å²) < 4.78 is 5.02. The highest BCUT2D eigenvalue weighted by Gasteiger charge is 2.21. The van der Waals surface area contributed by atoms with Crippen LogP contribution in [0.2, 0.25) is 0 Å². The fourth-order valence-electron chi connectivity index (χ4n) is 2.54. The summed E-state index contributed by atoms with van der Waals surface area (Å²) in [4.78, 5) is 20.5. The Morgan fingerprint density at radius 3 is 2.80 bits per heavy atom. The molecule has 0 radical (unpaired) electrons. The molecule has 0 unspecified atom stereocenters. The molecule has 1 fully saturated rings. The van der Waals surface area contributed by atoms with Crippen molar-refractivity contribution < 1.29 is 9.53 Å². The number of anilines is 1. The van der Waals surface area contributed by atoms with Gasteiger partial charge in [0.05, 0.1) is 24.1 Å². The largest absolute Gasteiger partial charge is 0.462 e. The van der Waals surface area contributed by atoms with Crippen molar-refractivity contribution in [3.05, 3.63) is 24.0 Å². The van der Waals surface area contributed by atoms with Gasteiger partial charge in [-0.2, -0.15) is 0 Å². The summed E-state index contributed by atoms with van der Waals surface area (Å²) in [6.07, 6.45) is 5.64. The van der Waals surface area contributed by atoms with E-state index in [-0.39, 0.29) is 5.97 Å². The zero-order chi connectivity index (χ0) is 14.5. The average molecular weight is 277 g/mol. The number of rotatable bonds is 4. The van der Waals surface area contributed by atoms with Gasteiger partial charge in [0.15, 0.2) is 0 Å².